The van der Waals surface area contributed by atoms with Crippen molar-refractivity contribution in [1.82, 2.24) is 9.97 Å². The molecule has 3 rings (SSSR count). The number of benzene rings is 2. The molecule has 0 aliphatic heterocycles. The minimum atomic E-state index is 0.482. The first-order valence-corrected chi connectivity index (χ1v) is 6.90. The first kappa shape index (κ1) is 13.9. The fraction of sp³-hybridized carbons (Fsp3) is 0.0588. The molecular weight excluding hydrogens is 276 g/mol. The SMILES string of the molecule is Cc1cnc(Nc2ccccc2)nc1Oc1cccc(N)c1. The monoisotopic (exact) mass is 292 g/mol. The van der Waals surface area contributed by atoms with Crippen LogP contribution in [0.1, 0.15) is 5.56 Å². The number of nitrogens with one attached hydrogen (secondary N) is 1. The largest absolute Gasteiger partial charge is 0.438 e. The van der Waals surface area contributed by atoms with Crippen LogP contribution in [-0.2, 0) is 0 Å². The van der Waals surface area contributed by atoms with Gasteiger partial charge in [-0.3, -0.25) is 0 Å². The molecule has 0 unspecified atom stereocenters. The number of nitrogens with zero attached hydrogens (tertiary/aromatic N) is 2. The van der Waals surface area contributed by atoms with Crippen LogP contribution >= 0.6 is 0 Å². The minimum absolute atomic E-state index is 0.482. The summed E-state index contributed by atoms with van der Waals surface area (Å²) in [7, 11) is 0. The first-order chi connectivity index (χ1) is 10.7. The van der Waals surface area contributed by atoms with E-state index in [0.29, 0.717) is 23.3 Å². The lowest BCUT2D eigenvalue weighted by Gasteiger charge is -2.10. The van der Waals surface area contributed by atoms with Gasteiger partial charge in [0.2, 0.25) is 11.8 Å². The van der Waals surface area contributed by atoms with Gasteiger partial charge in [0, 0.05) is 29.2 Å². The molecule has 0 saturated carbocycles. The van der Waals surface area contributed by atoms with Gasteiger partial charge in [-0.1, -0.05) is 24.3 Å². The van der Waals surface area contributed by atoms with Gasteiger partial charge in [0.05, 0.1) is 0 Å². The third-order valence-corrected chi connectivity index (χ3v) is 3.03. The molecule has 22 heavy (non-hydrogen) atoms. The van der Waals surface area contributed by atoms with Gasteiger partial charge < -0.3 is 15.8 Å². The highest BCUT2D eigenvalue weighted by Crippen LogP contribution is 2.25. The Balaban J connectivity index is 1.84. The zero-order valence-electron chi connectivity index (χ0n) is 12.2. The molecule has 0 radical (unpaired) electrons. The maximum atomic E-state index is 5.80. The Morgan fingerprint density at radius 1 is 1.05 bits per heavy atom. The number of rotatable bonds is 4. The lowest BCUT2D eigenvalue weighted by Crippen LogP contribution is -2.00. The highest BCUT2D eigenvalue weighted by molar-refractivity contribution is 5.53. The molecule has 5 nitrogen and oxygen atoms in total. The van der Waals surface area contributed by atoms with E-state index in [1.165, 1.54) is 0 Å². The fourth-order valence-corrected chi connectivity index (χ4v) is 1.93. The Morgan fingerprint density at radius 3 is 2.64 bits per heavy atom. The van der Waals surface area contributed by atoms with Crippen molar-refractivity contribution in [3.63, 3.8) is 0 Å². The van der Waals surface area contributed by atoms with E-state index in [4.69, 9.17) is 10.5 Å². The number of anilines is 3. The quantitative estimate of drug-likeness (QED) is 0.713. The molecule has 5 heteroatoms. The number of aromatic nitrogens is 2. The van der Waals surface area contributed by atoms with Gasteiger partial charge in [0.1, 0.15) is 5.75 Å². The van der Waals surface area contributed by atoms with Gasteiger partial charge in [-0.25, -0.2) is 4.98 Å². The molecule has 3 N–H and O–H groups in total. The summed E-state index contributed by atoms with van der Waals surface area (Å²) in [6.07, 6.45) is 1.72. The second kappa shape index (κ2) is 6.13. The van der Waals surface area contributed by atoms with E-state index >= 15 is 0 Å². The molecule has 0 aliphatic carbocycles. The van der Waals surface area contributed by atoms with Crippen LogP contribution in [0.2, 0.25) is 0 Å². The summed E-state index contributed by atoms with van der Waals surface area (Å²) >= 11 is 0. The zero-order chi connectivity index (χ0) is 15.4. The molecule has 0 atom stereocenters. The lowest BCUT2D eigenvalue weighted by atomic mass is 10.3. The van der Waals surface area contributed by atoms with E-state index in [0.717, 1.165) is 11.3 Å². The molecule has 1 heterocycles. The third kappa shape index (κ3) is 3.32. The zero-order valence-corrected chi connectivity index (χ0v) is 12.2. The topological polar surface area (TPSA) is 73.1 Å². The predicted molar refractivity (Wildman–Crippen MR) is 87.4 cm³/mol. The summed E-state index contributed by atoms with van der Waals surface area (Å²) in [6, 6.07) is 17.0. The van der Waals surface area contributed by atoms with Crippen LogP contribution < -0.4 is 15.8 Å². The summed E-state index contributed by atoms with van der Waals surface area (Å²) in [4.78, 5) is 8.67. The summed E-state index contributed by atoms with van der Waals surface area (Å²) < 4.78 is 5.80. The van der Waals surface area contributed by atoms with Crippen LogP contribution in [0, 0.1) is 6.92 Å². The smallest absolute Gasteiger partial charge is 0.230 e. The van der Waals surface area contributed by atoms with E-state index in [1.54, 1.807) is 12.3 Å². The molecule has 3 aromatic rings. The Bertz CT molecular complexity index is 775. The van der Waals surface area contributed by atoms with Gasteiger partial charge in [0.15, 0.2) is 0 Å². The van der Waals surface area contributed by atoms with Crippen molar-refractivity contribution in [3.05, 3.63) is 66.4 Å². The van der Waals surface area contributed by atoms with E-state index < -0.39 is 0 Å². The van der Waals surface area contributed by atoms with Crippen LogP contribution in [0.25, 0.3) is 0 Å². The molecule has 0 saturated heterocycles. The van der Waals surface area contributed by atoms with Gasteiger partial charge in [0.25, 0.3) is 0 Å². The predicted octanol–water partition coefficient (Wildman–Crippen LogP) is 3.90. The van der Waals surface area contributed by atoms with Crippen LogP contribution in [-0.4, -0.2) is 9.97 Å². The number of nitrogens with two attached hydrogens (primary N) is 1. The summed E-state index contributed by atoms with van der Waals surface area (Å²) in [5.41, 5.74) is 8.17. The highest BCUT2D eigenvalue weighted by Gasteiger charge is 2.07. The molecule has 110 valence electrons. The van der Waals surface area contributed by atoms with Crippen molar-refractivity contribution < 1.29 is 4.74 Å². The minimum Gasteiger partial charge on any atom is -0.438 e. The van der Waals surface area contributed by atoms with Crippen molar-refractivity contribution in [2.75, 3.05) is 11.1 Å². The molecular formula is C17H16N4O. The molecule has 0 aliphatic rings. The average Bonchev–Trinajstić information content (AvgIpc) is 2.52. The van der Waals surface area contributed by atoms with Gasteiger partial charge in [-0.15, -0.1) is 0 Å². The second-order valence-corrected chi connectivity index (χ2v) is 4.85. The summed E-state index contributed by atoms with van der Waals surface area (Å²) in [6.45, 7) is 1.90. The van der Waals surface area contributed by atoms with Gasteiger partial charge in [-0.05, 0) is 31.2 Å². The number of hydrogen-bond acceptors (Lipinski definition) is 5. The number of para-hydroxylation sites is 1. The fourth-order valence-electron chi connectivity index (χ4n) is 1.93. The number of nitrogen functional groups attached to an aromatic ring is 1. The Labute approximate surface area is 128 Å². The number of aryl methyl sites for hydroxylation is 1. The van der Waals surface area contributed by atoms with Crippen LogP contribution in [0.3, 0.4) is 0 Å². The van der Waals surface area contributed by atoms with Crippen LogP contribution in [0.4, 0.5) is 17.3 Å². The Kier molecular flexibility index (Phi) is 3.87. The van der Waals surface area contributed by atoms with Crippen molar-refractivity contribution in [2.24, 2.45) is 0 Å². The second-order valence-electron chi connectivity index (χ2n) is 4.85. The number of hydrogen-bond donors (Lipinski definition) is 2. The normalized spacial score (nSPS) is 10.2. The van der Waals surface area contributed by atoms with E-state index in [-0.39, 0.29) is 0 Å². The van der Waals surface area contributed by atoms with Crippen LogP contribution in [0.5, 0.6) is 11.6 Å². The Morgan fingerprint density at radius 2 is 1.86 bits per heavy atom. The van der Waals surface area contributed by atoms with E-state index in [1.807, 2.05) is 55.5 Å². The molecule has 1 aromatic heterocycles. The van der Waals surface area contributed by atoms with Crippen molar-refractivity contribution >= 4 is 17.3 Å². The molecule has 0 amide bonds. The molecule has 0 spiro atoms. The van der Waals surface area contributed by atoms with Gasteiger partial charge >= 0.3 is 0 Å². The van der Waals surface area contributed by atoms with Crippen LogP contribution in [0.15, 0.2) is 60.8 Å². The maximum Gasteiger partial charge on any atom is 0.230 e. The van der Waals surface area contributed by atoms with Crippen molar-refractivity contribution in [1.29, 1.82) is 0 Å². The Hall–Kier alpha value is -3.08. The van der Waals surface area contributed by atoms with Crippen molar-refractivity contribution in [2.45, 2.75) is 6.92 Å². The average molecular weight is 292 g/mol. The van der Waals surface area contributed by atoms with E-state index in [9.17, 15) is 0 Å². The molecule has 2 aromatic carbocycles. The lowest BCUT2D eigenvalue weighted by molar-refractivity contribution is 0.458. The van der Waals surface area contributed by atoms with E-state index in [2.05, 4.69) is 15.3 Å². The summed E-state index contributed by atoms with van der Waals surface area (Å²) in [5, 5.41) is 3.14. The standard InChI is InChI=1S/C17H16N4O/c1-12-11-19-17(20-14-7-3-2-4-8-14)21-16(12)22-15-9-5-6-13(18)10-15/h2-11H,18H2,1H3,(H,19,20,21). The van der Waals surface area contributed by atoms with Crippen molar-refractivity contribution in [3.8, 4) is 11.6 Å². The summed E-state index contributed by atoms with van der Waals surface area (Å²) in [5.74, 6) is 1.63. The van der Waals surface area contributed by atoms with Gasteiger partial charge in [-0.2, -0.15) is 4.98 Å². The highest BCUT2D eigenvalue weighted by atomic mass is 16.5. The maximum absolute atomic E-state index is 5.80. The molecule has 0 bridgehead atoms. The third-order valence-electron chi connectivity index (χ3n) is 3.03. The number of ether oxygens (including phenoxy) is 1. The first-order valence-electron chi connectivity index (χ1n) is 6.90. The molecule has 0 fully saturated rings.